The average molecular weight is 210 g/mol. The van der Waals surface area contributed by atoms with Gasteiger partial charge in [0, 0.05) is 0 Å². The van der Waals surface area contributed by atoms with Gasteiger partial charge in [0.05, 0.1) is 6.10 Å². The van der Waals surface area contributed by atoms with Crippen molar-refractivity contribution in [1.29, 1.82) is 0 Å². The molecule has 1 heterocycles. The first-order valence-corrected chi connectivity index (χ1v) is 4.95. The number of nitro groups is 1. The predicted octanol–water partition coefficient (Wildman–Crippen LogP) is 2.56. The van der Waals surface area contributed by atoms with E-state index in [0.717, 1.165) is 12.8 Å². The third-order valence-electron chi connectivity index (χ3n) is 2.13. The summed E-state index contributed by atoms with van der Waals surface area (Å²) in [6.45, 7) is 3.97. The fourth-order valence-electron chi connectivity index (χ4n) is 1.25. The molecular formula is C10H14N2O3. The van der Waals surface area contributed by atoms with Crippen molar-refractivity contribution >= 4 is 5.82 Å². The summed E-state index contributed by atoms with van der Waals surface area (Å²) in [7, 11) is 0. The molecule has 5 nitrogen and oxygen atoms in total. The second-order valence-corrected chi connectivity index (χ2v) is 3.14. The highest BCUT2D eigenvalue weighted by atomic mass is 16.6. The monoisotopic (exact) mass is 210 g/mol. The third-order valence-corrected chi connectivity index (χ3v) is 2.13. The van der Waals surface area contributed by atoms with E-state index in [1.54, 1.807) is 12.1 Å². The zero-order valence-electron chi connectivity index (χ0n) is 8.84. The highest BCUT2D eigenvalue weighted by Crippen LogP contribution is 2.25. The molecule has 1 rings (SSSR count). The smallest absolute Gasteiger partial charge is 0.406 e. The van der Waals surface area contributed by atoms with Crippen molar-refractivity contribution in [3.63, 3.8) is 0 Å². The van der Waals surface area contributed by atoms with Gasteiger partial charge in [-0.15, -0.1) is 0 Å². The number of hydrogen-bond acceptors (Lipinski definition) is 4. The third kappa shape index (κ3) is 2.90. The first-order chi connectivity index (χ1) is 7.19. The minimum absolute atomic E-state index is 0.00731. The number of rotatable bonds is 5. The van der Waals surface area contributed by atoms with Crippen molar-refractivity contribution in [3.8, 4) is 5.75 Å². The van der Waals surface area contributed by atoms with Crippen molar-refractivity contribution < 1.29 is 9.66 Å². The van der Waals surface area contributed by atoms with E-state index in [9.17, 15) is 10.1 Å². The lowest BCUT2D eigenvalue weighted by Gasteiger charge is -2.14. The summed E-state index contributed by atoms with van der Waals surface area (Å²) < 4.78 is 5.50. The molecule has 0 aromatic carbocycles. The molecule has 1 aromatic rings. The van der Waals surface area contributed by atoms with E-state index >= 15 is 0 Å². The Bertz CT molecular complexity index is 337. The van der Waals surface area contributed by atoms with Gasteiger partial charge >= 0.3 is 5.82 Å². The van der Waals surface area contributed by atoms with Crippen LogP contribution in [0.25, 0.3) is 0 Å². The van der Waals surface area contributed by atoms with Crippen LogP contribution in [0.1, 0.15) is 26.7 Å². The molecule has 5 heteroatoms. The van der Waals surface area contributed by atoms with E-state index in [1.165, 1.54) is 6.20 Å². The molecule has 0 aliphatic rings. The molecule has 0 atom stereocenters. The fraction of sp³-hybridized carbons (Fsp3) is 0.500. The van der Waals surface area contributed by atoms with Crippen LogP contribution in [0.5, 0.6) is 5.75 Å². The van der Waals surface area contributed by atoms with Gasteiger partial charge in [0.15, 0.2) is 0 Å². The maximum Gasteiger partial charge on any atom is 0.406 e. The number of nitrogens with zero attached hydrogens (tertiary/aromatic N) is 2. The predicted molar refractivity (Wildman–Crippen MR) is 55.9 cm³/mol. The quantitative estimate of drug-likeness (QED) is 0.553. The molecule has 0 radical (unpaired) electrons. The molecule has 0 amide bonds. The summed E-state index contributed by atoms with van der Waals surface area (Å²) >= 11 is 0. The Kier molecular flexibility index (Phi) is 4.03. The molecule has 1 aromatic heterocycles. The molecular weight excluding hydrogens is 196 g/mol. The van der Waals surface area contributed by atoms with Gasteiger partial charge in [0.2, 0.25) is 5.75 Å². The first-order valence-electron chi connectivity index (χ1n) is 4.95. The number of hydrogen-bond donors (Lipinski definition) is 0. The normalized spacial score (nSPS) is 10.3. The summed E-state index contributed by atoms with van der Waals surface area (Å²) in [4.78, 5) is 13.8. The second kappa shape index (κ2) is 5.29. The van der Waals surface area contributed by atoms with Crippen LogP contribution < -0.4 is 4.74 Å². The molecule has 0 saturated heterocycles. The first kappa shape index (κ1) is 11.4. The Hall–Kier alpha value is -1.65. The summed E-state index contributed by atoms with van der Waals surface area (Å²) in [5, 5.41) is 10.6. The molecule has 0 saturated carbocycles. The van der Waals surface area contributed by atoms with Crippen LogP contribution in [0.4, 0.5) is 5.82 Å². The van der Waals surface area contributed by atoms with Crippen LogP contribution in [0, 0.1) is 10.1 Å². The summed E-state index contributed by atoms with van der Waals surface area (Å²) in [6.07, 6.45) is 3.04. The van der Waals surface area contributed by atoms with E-state index in [1.807, 2.05) is 13.8 Å². The Morgan fingerprint density at radius 1 is 1.53 bits per heavy atom. The molecule has 0 spiro atoms. The van der Waals surface area contributed by atoms with Gasteiger partial charge in [-0.2, -0.15) is 0 Å². The molecule has 0 aliphatic carbocycles. The SMILES string of the molecule is CCC(CC)Oc1cccnc1[N+](=O)[O-]. The maximum atomic E-state index is 10.6. The van der Waals surface area contributed by atoms with Crippen molar-refractivity contribution in [2.24, 2.45) is 0 Å². The van der Waals surface area contributed by atoms with Gasteiger partial charge in [-0.05, 0) is 34.9 Å². The second-order valence-electron chi connectivity index (χ2n) is 3.14. The number of ether oxygens (including phenoxy) is 1. The summed E-state index contributed by atoms with van der Waals surface area (Å²) in [6, 6.07) is 3.20. The van der Waals surface area contributed by atoms with Crippen molar-refractivity contribution in [1.82, 2.24) is 4.98 Å². The molecule has 0 unspecified atom stereocenters. The summed E-state index contributed by atoms with van der Waals surface area (Å²) in [5.41, 5.74) is 0. The fourth-order valence-corrected chi connectivity index (χ4v) is 1.25. The van der Waals surface area contributed by atoms with Crippen LogP contribution in [-0.2, 0) is 0 Å². The standard InChI is InChI=1S/C10H14N2O3/c1-3-8(4-2)15-9-6-5-7-11-10(9)12(13)14/h5-8H,3-4H2,1-2H3. The Labute approximate surface area is 88.2 Å². The van der Waals surface area contributed by atoms with Crippen LogP contribution in [-0.4, -0.2) is 16.0 Å². The van der Waals surface area contributed by atoms with Gasteiger partial charge in [0.1, 0.15) is 6.20 Å². The minimum atomic E-state index is -0.530. The number of pyridine rings is 1. The Morgan fingerprint density at radius 2 is 2.20 bits per heavy atom. The molecule has 15 heavy (non-hydrogen) atoms. The zero-order valence-corrected chi connectivity index (χ0v) is 8.84. The molecule has 0 N–H and O–H groups in total. The van der Waals surface area contributed by atoms with Crippen LogP contribution in [0.2, 0.25) is 0 Å². The van der Waals surface area contributed by atoms with E-state index in [4.69, 9.17) is 4.74 Å². The molecule has 82 valence electrons. The summed E-state index contributed by atoms with van der Waals surface area (Å²) in [5.74, 6) is 0.0283. The molecule has 0 fully saturated rings. The largest absolute Gasteiger partial charge is 0.482 e. The van der Waals surface area contributed by atoms with Crippen molar-refractivity contribution in [2.75, 3.05) is 0 Å². The van der Waals surface area contributed by atoms with E-state index in [2.05, 4.69) is 4.98 Å². The zero-order chi connectivity index (χ0) is 11.3. The van der Waals surface area contributed by atoms with E-state index in [-0.39, 0.29) is 17.7 Å². The Morgan fingerprint density at radius 3 is 2.73 bits per heavy atom. The van der Waals surface area contributed by atoms with Gasteiger partial charge in [-0.25, -0.2) is 0 Å². The highest BCUT2D eigenvalue weighted by molar-refractivity contribution is 5.38. The van der Waals surface area contributed by atoms with E-state index in [0.29, 0.717) is 0 Å². The topological polar surface area (TPSA) is 65.3 Å². The lowest BCUT2D eigenvalue weighted by atomic mass is 10.2. The Balaban J connectivity index is 2.88. The average Bonchev–Trinajstić information content (AvgIpc) is 2.26. The van der Waals surface area contributed by atoms with Crippen molar-refractivity contribution in [2.45, 2.75) is 32.8 Å². The van der Waals surface area contributed by atoms with E-state index < -0.39 is 4.92 Å². The van der Waals surface area contributed by atoms with Gasteiger partial charge < -0.3 is 14.9 Å². The molecule has 0 bridgehead atoms. The van der Waals surface area contributed by atoms with Crippen LogP contribution in [0.3, 0.4) is 0 Å². The van der Waals surface area contributed by atoms with Crippen LogP contribution in [0.15, 0.2) is 18.3 Å². The van der Waals surface area contributed by atoms with Crippen LogP contribution >= 0.6 is 0 Å². The minimum Gasteiger partial charge on any atom is -0.482 e. The van der Waals surface area contributed by atoms with Crippen molar-refractivity contribution in [3.05, 3.63) is 28.4 Å². The lowest BCUT2D eigenvalue weighted by Crippen LogP contribution is -2.14. The highest BCUT2D eigenvalue weighted by Gasteiger charge is 2.17. The van der Waals surface area contributed by atoms with Gasteiger partial charge in [0.25, 0.3) is 0 Å². The maximum absolute atomic E-state index is 10.6. The van der Waals surface area contributed by atoms with Gasteiger partial charge in [-0.3, -0.25) is 0 Å². The number of aromatic nitrogens is 1. The molecule has 0 aliphatic heterocycles. The van der Waals surface area contributed by atoms with Gasteiger partial charge in [-0.1, -0.05) is 13.8 Å². The lowest BCUT2D eigenvalue weighted by molar-refractivity contribution is -0.390.